The zero-order chi connectivity index (χ0) is 16.3. The number of anilines is 1. The summed E-state index contributed by atoms with van der Waals surface area (Å²) < 4.78 is 0. The fourth-order valence-corrected chi connectivity index (χ4v) is 3.54. The van der Waals surface area contributed by atoms with Crippen LogP contribution in [0.2, 0.25) is 0 Å². The lowest BCUT2D eigenvalue weighted by Gasteiger charge is -2.43. The molecule has 1 aliphatic carbocycles. The van der Waals surface area contributed by atoms with E-state index in [4.69, 9.17) is 0 Å². The van der Waals surface area contributed by atoms with Crippen LogP contribution in [0.4, 0.5) is 5.69 Å². The van der Waals surface area contributed by atoms with Crippen LogP contribution >= 0.6 is 0 Å². The van der Waals surface area contributed by atoms with Crippen molar-refractivity contribution in [3.8, 4) is 0 Å². The van der Waals surface area contributed by atoms with Gasteiger partial charge in [0, 0.05) is 19.7 Å². The SMILES string of the molecule is CC(=O)N(C)c1ccc(C2(CCc3ccccc3)CCC2)cc1. The van der Waals surface area contributed by atoms with Gasteiger partial charge in [0.2, 0.25) is 5.91 Å². The molecule has 0 radical (unpaired) electrons. The van der Waals surface area contributed by atoms with E-state index in [9.17, 15) is 4.79 Å². The van der Waals surface area contributed by atoms with Crippen LogP contribution in [-0.2, 0) is 16.6 Å². The molecule has 1 amide bonds. The van der Waals surface area contributed by atoms with Gasteiger partial charge in [-0.1, -0.05) is 48.9 Å². The molecule has 23 heavy (non-hydrogen) atoms. The summed E-state index contributed by atoms with van der Waals surface area (Å²) in [7, 11) is 1.83. The summed E-state index contributed by atoms with van der Waals surface area (Å²) in [4.78, 5) is 13.2. The summed E-state index contributed by atoms with van der Waals surface area (Å²) in [6.07, 6.45) is 6.22. The molecule has 0 N–H and O–H groups in total. The largest absolute Gasteiger partial charge is 0.316 e. The van der Waals surface area contributed by atoms with E-state index in [0.29, 0.717) is 5.41 Å². The Morgan fingerprint density at radius 2 is 1.70 bits per heavy atom. The maximum absolute atomic E-state index is 11.5. The molecular weight excluding hydrogens is 282 g/mol. The topological polar surface area (TPSA) is 20.3 Å². The third-order valence-corrected chi connectivity index (χ3v) is 5.39. The zero-order valence-corrected chi connectivity index (χ0v) is 14.1. The maximum atomic E-state index is 11.5. The molecule has 1 saturated carbocycles. The molecule has 0 spiro atoms. The van der Waals surface area contributed by atoms with Crippen LogP contribution in [-0.4, -0.2) is 13.0 Å². The molecular formula is C21H25NO. The van der Waals surface area contributed by atoms with Crippen molar-refractivity contribution in [1.29, 1.82) is 0 Å². The van der Waals surface area contributed by atoms with Crippen LogP contribution in [0.1, 0.15) is 43.7 Å². The lowest BCUT2D eigenvalue weighted by Crippen LogP contribution is -2.34. The second-order valence-corrected chi connectivity index (χ2v) is 6.74. The number of rotatable bonds is 5. The second-order valence-electron chi connectivity index (χ2n) is 6.74. The van der Waals surface area contributed by atoms with Gasteiger partial charge < -0.3 is 4.90 Å². The van der Waals surface area contributed by atoms with Gasteiger partial charge in [-0.2, -0.15) is 0 Å². The highest BCUT2D eigenvalue weighted by Gasteiger charge is 2.37. The standard InChI is InChI=1S/C21H25NO/c1-17(23)22(2)20-11-9-19(10-12-20)21(14-6-15-21)16-13-18-7-4-3-5-8-18/h3-5,7-12H,6,13-16H2,1-2H3. The summed E-state index contributed by atoms with van der Waals surface area (Å²) in [6, 6.07) is 19.4. The van der Waals surface area contributed by atoms with Crippen molar-refractivity contribution in [2.75, 3.05) is 11.9 Å². The van der Waals surface area contributed by atoms with Crippen LogP contribution < -0.4 is 4.90 Å². The molecule has 2 aromatic rings. The van der Waals surface area contributed by atoms with Crippen molar-refractivity contribution in [1.82, 2.24) is 0 Å². The minimum Gasteiger partial charge on any atom is -0.316 e. The minimum atomic E-state index is 0.0696. The lowest BCUT2D eigenvalue weighted by atomic mass is 9.62. The fourth-order valence-electron chi connectivity index (χ4n) is 3.54. The van der Waals surface area contributed by atoms with E-state index >= 15 is 0 Å². The average molecular weight is 307 g/mol. The van der Waals surface area contributed by atoms with Crippen molar-refractivity contribution in [3.05, 3.63) is 65.7 Å². The van der Waals surface area contributed by atoms with Crippen LogP contribution in [0, 0.1) is 0 Å². The number of benzene rings is 2. The first kappa shape index (κ1) is 15.8. The van der Waals surface area contributed by atoms with Crippen molar-refractivity contribution < 1.29 is 4.79 Å². The minimum absolute atomic E-state index is 0.0696. The predicted octanol–water partition coefficient (Wildman–Crippen LogP) is 4.72. The molecule has 1 fully saturated rings. The Hall–Kier alpha value is -2.09. The van der Waals surface area contributed by atoms with Gasteiger partial charge in [-0.3, -0.25) is 4.79 Å². The molecule has 1 aliphatic rings. The highest BCUT2D eigenvalue weighted by Crippen LogP contribution is 2.47. The number of carbonyl (C=O) groups excluding carboxylic acids is 1. The second kappa shape index (κ2) is 6.57. The van der Waals surface area contributed by atoms with Crippen LogP contribution in [0.15, 0.2) is 54.6 Å². The molecule has 3 rings (SSSR count). The third kappa shape index (κ3) is 3.31. The van der Waals surface area contributed by atoms with Crippen LogP contribution in [0.5, 0.6) is 0 Å². The Labute approximate surface area is 139 Å². The molecule has 0 bridgehead atoms. The van der Waals surface area contributed by atoms with Gasteiger partial charge in [0.25, 0.3) is 0 Å². The van der Waals surface area contributed by atoms with Gasteiger partial charge in [-0.15, -0.1) is 0 Å². The summed E-state index contributed by atoms with van der Waals surface area (Å²) in [5.41, 5.74) is 4.16. The van der Waals surface area contributed by atoms with Gasteiger partial charge in [0.15, 0.2) is 0 Å². The molecule has 0 aromatic heterocycles. The number of aryl methyl sites for hydroxylation is 1. The van der Waals surface area contributed by atoms with E-state index in [2.05, 4.69) is 54.6 Å². The first-order chi connectivity index (χ1) is 11.1. The molecule has 2 heteroatoms. The normalized spacial score (nSPS) is 15.7. The Bertz CT molecular complexity index is 656. The summed E-state index contributed by atoms with van der Waals surface area (Å²) in [5.74, 6) is 0.0696. The van der Waals surface area contributed by atoms with Crippen molar-refractivity contribution in [3.63, 3.8) is 0 Å². The van der Waals surface area contributed by atoms with E-state index in [1.54, 1.807) is 11.8 Å². The quantitative estimate of drug-likeness (QED) is 0.782. The summed E-state index contributed by atoms with van der Waals surface area (Å²) in [5, 5.41) is 0. The first-order valence-corrected chi connectivity index (χ1v) is 8.49. The maximum Gasteiger partial charge on any atom is 0.223 e. The molecule has 0 unspecified atom stereocenters. The summed E-state index contributed by atoms with van der Waals surface area (Å²) >= 11 is 0. The van der Waals surface area contributed by atoms with Crippen molar-refractivity contribution in [2.24, 2.45) is 0 Å². The van der Waals surface area contributed by atoms with Gasteiger partial charge in [-0.05, 0) is 54.4 Å². The van der Waals surface area contributed by atoms with E-state index < -0.39 is 0 Å². The molecule has 2 nitrogen and oxygen atoms in total. The highest BCUT2D eigenvalue weighted by atomic mass is 16.2. The summed E-state index contributed by atoms with van der Waals surface area (Å²) in [6.45, 7) is 1.60. The Balaban J connectivity index is 1.74. The van der Waals surface area contributed by atoms with Crippen molar-refractivity contribution in [2.45, 2.75) is 44.4 Å². The Kier molecular flexibility index (Phi) is 4.51. The van der Waals surface area contributed by atoms with E-state index in [0.717, 1.165) is 12.1 Å². The predicted molar refractivity (Wildman–Crippen MR) is 95.8 cm³/mol. The Morgan fingerprint density at radius 3 is 2.22 bits per heavy atom. The van der Waals surface area contributed by atoms with Crippen LogP contribution in [0.25, 0.3) is 0 Å². The molecule has 0 heterocycles. The average Bonchev–Trinajstić information content (AvgIpc) is 2.54. The van der Waals surface area contributed by atoms with Gasteiger partial charge >= 0.3 is 0 Å². The van der Waals surface area contributed by atoms with E-state index in [1.165, 1.54) is 36.8 Å². The van der Waals surface area contributed by atoms with Gasteiger partial charge in [-0.25, -0.2) is 0 Å². The third-order valence-electron chi connectivity index (χ3n) is 5.39. The molecule has 2 aromatic carbocycles. The number of hydrogen-bond acceptors (Lipinski definition) is 1. The molecule has 0 saturated heterocycles. The monoisotopic (exact) mass is 307 g/mol. The number of amides is 1. The molecule has 0 aliphatic heterocycles. The lowest BCUT2D eigenvalue weighted by molar-refractivity contribution is -0.116. The number of nitrogens with zero attached hydrogens (tertiary/aromatic N) is 1. The van der Waals surface area contributed by atoms with Gasteiger partial charge in [0.05, 0.1) is 0 Å². The Morgan fingerprint density at radius 1 is 1.04 bits per heavy atom. The first-order valence-electron chi connectivity index (χ1n) is 8.49. The van der Waals surface area contributed by atoms with Gasteiger partial charge in [0.1, 0.15) is 0 Å². The highest BCUT2D eigenvalue weighted by molar-refractivity contribution is 5.90. The van der Waals surface area contributed by atoms with Crippen LogP contribution in [0.3, 0.4) is 0 Å². The number of carbonyl (C=O) groups is 1. The fraction of sp³-hybridized carbons (Fsp3) is 0.381. The van der Waals surface area contributed by atoms with E-state index in [-0.39, 0.29) is 5.91 Å². The van der Waals surface area contributed by atoms with Crippen molar-refractivity contribution >= 4 is 11.6 Å². The smallest absolute Gasteiger partial charge is 0.223 e. The molecule has 0 atom stereocenters. The zero-order valence-electron chi connectivity index (χ0n) is 14.1. The molecule has 120 valence electrons. The number of hydrogen-bond donors (Lipinski definition) is 0. The van der Waals surface area contributed by atoms with E-state index in [1.807, 2.05) is 7.05 Å².